The number of ether oxygens (including phenoxy) is 1. The molecule has 0 amide bonds. The number of aromatic nitrogens is 1. The summed E-state index contributed by atoms with van der Waals surface area (Å²) in [5.74, 6) is -1.15. The Balaban J connectivity index is 2.44. The third kappa shape index (κ3) is 2.46. The molecule has 0 fully saturated rings. The summed E-state index contributed by atoms with van der Waals surface area (Å²) in [7, 11) is 1.43. The molecular weight excluding hydrogens is 240 g/mol. The standard InChI is InChI=1S/C13H11F2NO2/c1-18-11-3-2-4-16-12(11)13(17)8-5-9(14)7-10(15)6-8/h2-7,13,17H,1H3. The van der Waals surface area contributed by atoms with Crippen LogP contribution in [0.1, 0.15) is 17.4 Å². The maximum atomic E-state index is 13.1. The van der Waals surface area contributed by atoms with Crippen LogP contribution in [0.2, 0.25) is 0 Å². The lowest BCUT2D eigenvalue weighted by Gasteiger charge is -2.13. The van der Waals surface area contributed by atoms with E-state index in [1.54, 1.807) is 12.1 Å². The zero-order valence-electron chi connectivity index (χ0n) is 9.60. The molecule has 1 N–H and O–H groups in total. The van der Waals surface area contributed by atoms with Gasteiger partial charge in [-0.05, 0) is 29.8 Å². The van der Waals surface area contributed by atoms with Crippen molar-refractivity contribution in [3.8, 4) is 5.75 Å². The highest BCUT2D eigenvalue weighted by Crippen LogP contribution is 2.28. The molecule has 2 aromatic rings. The maximum Gasteiger partial charge on any atom is 0.143 e. The number of rotatable bonds is 3. The molecule has 0 saturated carbocycles. The largest absolute Gasteiger partial charge is 0.495 e. The van der Waals surface area contributed by atoms with Crippen molar-refractivity contribution in [2.75, 3.05) is 7.11 Å². The number of hydrogen-bond acceptors (Lipinski definition) is 3. The second-order valence-electron chi connectivity index (χ2n) is 3.70. The second-order valence-corrected chi connectivity index (χ2v) is 3.70. The van der Waals surface area contributed by atoms with Crippen LogP contribution in [-0.4, -0.2) is 17.2 Å². The van der Waals surface area contributed by atoms with Gasteiger partial charge in [0.05, 0.1) is 7.11 Å². The first-order valence-corrected chi connectivity index (χ1v) is 5.25. The van der Waals surface area contributed by atoms with Gasteiger partial charge in [0.15, 0.2) is 0 Å². The molecule has 0 radical (unpaired) electrons. The van der Waals surface area contributed by atoms with Crippen molar-refractivity contribution in [1.29, 1.82) is 0 Å². The highest BCUT2D eigenvalue weighted by molar-refractivity contribution is 5.35. The topological polar surface area (TPSA) is 42.4 Å². The number of aliphatic hydroxyl groups excluding tert-OH is 1. The van der Waals surface area contributed by atoms with Gasteiger partial charge in [-0.1, -0.05) is 0 Å². The molecule has 0 aliphatic rings. The van der Waals surface area contributed by atoms with Gasteiger partial charge in [-0.2, -0.15) is 0 Å². The van der Waals surface area contributed by atoms with E-state index in [0.717, 1.165) is 18.2 Å². The van der Waals surface area contributed by atoms with Gasteiger partial charge in [0, 0.05) is 12.3 Å². The molecule has 0 bridgehead atoms. The van der Waals surface area contributed by atoms with Crippen molar-refractivity contribution < 1.29 is 18.6 Å². The zero-order valence-corrected chi connectivity index (χ0v) is 9.60. The summed E-state index contributed by atoms with van der Waals surface area (Å²) in [5.41, 5.74) is 0.300. The monoisotopic (exact) mass is 251 g/mol. The highest BCUT2D eigenvalue weighted by Gasteiger charge is 2.18. The fraction of sp³-hybridized carbons (Fsp3) is 0.154. The lowest BCUT2D eigenvalue weighted by molar-refractivity contribution is 0.208. The van der Waals surface area contributed by atoms with E-state index < -0.39 is 17.7 Å². The van der Waals surface area contributed by atoms with Gasteiger partial charge >= 0.3 is 0 Å². The van der Waals surface area contributed by atoms with Crippen LogP contribution in [0.15, 0.2) is 36.5 Å². The zero-order chi connectivity index (χ0) is 13.1. The van der Waals surface area contributed by atoms with Crippen LogP contribution in [0, 0.1) is 11.6 Å². The van der Waals surface area contributed by atoms with Crippen molar-refractivity contribution in [2.24, 2.45) is 0 Å². The first kappa shape index (κ1) is 12.4. The van der Waals surface area contributed by atoms with Crippen molar-refractivity contribution in [3.63, 3.8) is 0 Å². The number of aliphatic hydroxyl groups is 1. The van der Waals surface area contributed by atoms with Crippen LogP contribution >= 0.6 is 0 Å². The Hall–Kier alpha value is -2.01. The van der Waals surface area contributed by atoms with Gasteiger partial charge < -0.3 is 9.84 Å². The molecule has 0 aliphatic heterocycles. The molecule has 1 heterocycles. The Morgan fingerprint density at radius 2 is 1.89 bits per heavy atom. The van der Waals surface area contributed by atoms with Crippen LogP contribution in [0.3, 0.4) is 0 Å². The molecule has 0 saturated heterocycles. The fourth-order valence-electron chi connectivity index (χ4n) is 1.67. The first-order valence-electron chi connectivity index (χ1n) is 5.25. The molecule has 0 spiro atoms. The Morgan fingerprint density at radius 1 is 1.22 bits per heavy atom. The summed E-state index contributed by atoms with van der Waals surface area (Å²) >= 11 is 0. The lowest BCUT2D eigenvalue weighted by Crippen LogP contribution is -2.05. The third-order valence-corrected chi connectivity index (χ3v) is 2.48. The van der Waals surface area contributed by atoms with Gasteiger partial charge in [-0.25, -0.2) is 8.78 Å². The van der Waals surface area contributed by atoms with E-state index in [0.29, 0.717) is 5.75 Å². The smallest absolute Gasteiger partial charge is 0.143 e. The van der Waals surface area contributed by atoms with Crippen molar-refractivity contribution in [2.45, 2.75) is 6.10 Å². The third-order valence-electron chi connectivity index (χ3n) is 2.48. The molecule has 94 valence electrons. The van der Waals surface area contributed by atoms with Gasteiger partial charge in [0.1, 0.15) is 29.2 Å². The van der Waals surface area contributed by atoms with Crippen molar-refractivity contribution >= 4 is 0 Å². The van der Waals surface area contributed by atoms with Gasteiger partial charge in [-0.15, -0.1) is 0 Å². The average molecular weight is 251 g/mol. The molecular formula is C13H11F2NO2. The minimum Gasteiger partial charge on any atom is -0.495 e. The van der Waals surface area contributed by atoms with E-state index in [2.05, 4.69) is 4.98 Å². The SMILES string of the molecule is COc1cccnc1C(O)c1cc(F)cc(F)c1. The molecule has 1 aromatic carbocycles. The molecule has 2 rings (SSSR count). The van der Waals surface area contributed by atoms with E-state index in [1.807, 2.05) is 0 Å². The number of hydrogen-bond donors (Lipinski definition) is 1. The molecule has 1 unspecified atom stereocenters. The second kappa shape index (κ2) is 5.10. The minimum atomic E-state index is -1.24. The van der Waals surface area contributed by atoms with Gasteiger partial charge in [-0.3, -0.25) is 4.98 Å². The lowest BCUT2D eigenvalue weighted by atomic mass is 10.1. The summed E-state index contributed by atoms with van der Waals surface area (Å²) < 4.78 is 31.2. The van der Waals surface area contributed by atoms with E-state index in [1.165, 1.54) is 13.3 Å². The number of methoxy groups -OCH3 is 1. The van der Waals surface area contributed by atoms with Crippen LogP contribution in [0.4, 0.5) is 8.78 Å². The predicted molar refractivity (Wildman–Crippen MR) is 61.2 cm³/mol. The van der Waals surface area contributed by atoms with Crippen LogP contribution in [0.25, 0.3) is 0 Å². The summed E-state index contributed by atoms with van der Waals surface area (Å²) in [5, 5.41) is 10.1. The van der Waals surface area contributed by atoms with Crippen LogP contribution in [0.5, 0.6) is 5.75 Å². The summed E-state index contributed by atoms with van der Waals surface area (Å²) in [6.45, 7) is 0. The first-order chi connectivity index (χ1) is 8.61. The van der Waals surface area contributed by atoms with Crippen molar-refractivity contribution in [3.05, 3.63) is 59.4 Å². The molecule has 0 aliphatic carbocycles. The highest BCUT2D eigenvalue weighted by atomic mass is 19.1. The Morgan fingerprint density at radius 3 is 2.50 bits per heavy atom. The molecule has 1 aromatic heterocycles. The van der Waals surface area contributed by atoms with E-state index >= 15 is 0 Å². The number of nitrogens with zero attached hydrogens (tertiary/aromatic N) is 1. The summed E-state index contributed by atoms with van der Waals surface area (Å²) in [6, 6.07) is 6.11. The Bertz CT molecular complexity index is 540. The van der Waals surface area contributed by atoms with Crippen LogP contribution < -0.4 is 4.74 Å². The maximum absolute atomic E-state index is 13.1. The van der Waals surface area contributed by atoms with E-state index in [-0.39, 0.29) is 11.3 Å². The van der Waals surface area contributed by atoms with Crippen molar-refractivity contribution in [1.82, 2.24) is 4.98 Å². The average Bonchev–Trinajstić information content (AvgIpc) is 2.36. The quantitative estimate of drug-likeness (QED) is 0.911. The fourth-order valence-corrected chi connectivity index (χ4v) is 1.67. The van der Waals surface area contributed by atoms with E-state index in [4.69, 9.17) is 4.74 Å². The predicted octanol–water partition coefficient (Wildman–Crippen LogP) is 2.45. The minimum absolute atomic E-state index is 0.0875. The van der Waals surface area contributed by atoms with Gasteiger partial charge in [0.25, 0.3) is 0 Å². The van der Waals surface area contributed by atoms with Crippen LogP contribution in [-0.2, 0) is 0 Å². The number of halogens is 2. The normalized spacial score (nSPS) is 12.2. The molecule has 5 heteroatoms. The number of benzene rings is 1. The molecule has 3 nitrogen and oxygen atoms in total. The Labute approximate surface area is 103 Å². The summed E-state index contributed by atoms with van der Waals surface area (Å²) in [4.78, 5) is 3.97. The molecule has 1 atom stereocenters. The summed E-state index contributed by atoms with van der Waals surface area (Å²) in [6.07, 6.45) is 0.225. The van der Waals surface area contributed by atoms with E-state index in [9.17, 15) is 13.9 Å². The molecule has 18 heavy (non-hydrogen) atoms. The Kier molecular flexibility index (Phi) is 3.53. The number of pyridine rings is 1. The van der Waals surface area contributed by atoms with Gasteiger partial charge in [0.2, 0.25) is 0 Å².